The van der Waals surface area contributed by atoms with Gasteiger partial charge >= 0.3 is 5.97 Å². The maximum absolute atomic E-state index is 10.5. The monoisotopic (exact) mass is 190 g/mol. The average molecular weight is 191 g/mol. The van der Waals surface area contributed by atoms with Crippen molar-refractivity contribution in [2.45, 2.75) is 31.7 Å². The van der Waals surface area contributed by atoms with Gasteiger partial charge in [-0.05, 0) is 25.7 Å². The first-order valence-electron chi connectivity index (χ1n) is 3.98. The van der Waals surface area contributed by atoms with Gasteiger partial charge in [0.2, 0.25) is 0 Å². The van der Waals surface area contributed by atoms with Crippen molar-refractivity contribution < 1.29 is 9.90 Å². The third kappa shape index (κ3) is 2.44. The third-order valence-electron chi connectivity index (χ3n) is 2.25. The molecule has 0 radical (unpaired) electrons. The van der Waals surface area contributed by atoms with Crippen LogP contribution in [-0.4, -0.2) is 17.1 Å². The number of carbonyl (C=O) groups is 1. The highest BCUT2D eigenvalue weighted by Crippen LogP contribution is 2.26. The average Bonchev–Trinajstić information content (AvgIpc) is 2.06. The van der Waals surface area contributed by atoms with Crippen LogP contribution in [0.2, 0.25) is 0 Å². The second kappa shape index (κ2) is 4.40. The predicted molar refractivity (Wildman–Crippen MR) is 44.1 cm³/mol. The van der Waals surface area contributed by atoms with E-state index in [9.17, 15) is 4.79 Å². The van der Waals surface area contributed by atoms with Gasteiger partial charge in [-0.2, -0.15) is 5.11 Å². The SMILES string of the molecule is O=C(O)C1CCC(N=NCl)CC1. The summed E-state index contributed by atoms with van der Waals surface area (Å²) >= 11 is 5.08. The lowest BCUT2D eigenvalue weighted by Gasteiger charge is -2.21. The van der Waals surface area contributed by atoms with E-state index in [1.165, 1.54) is 0 Å². The van der Waals surface area contributed by atoms with Crippen molar-refractivity contribution in [2.24, 2.45) is 15.7 Å². The van der Waals surface area contributed by atoms with Crippen LogP contribution in [0.1, 0.15) is 25.7 Å². The zero-order valence-corrected chi connectivity index (χ0v) is 7.37. The Balaban J connectivity index is 2.34. The number of hydrogen-bond donors (Lipinski definition) is 1. The summed E-state index contributed by atoms with van der Waals surface area (Å²) in [5, 5.41) is 12.4. The number of halogens is 1. The van der Waals surface area contributed by atoms with Gasteiger partial charge in [0, 0.05) is 0 Å². The van der Waals surface area contributed by atoms with Crippen LogP contribution in [-0.2, 0) is 4.79 Å². The molecule has 0 aromatic heterocycles. The van der Waals surface area contributed by atoms with Crippen LogP contribution in [0, 0.1) is 5.92 Å². The molecule has 0 spiro atoms. The molecule has 1 N–H and O–H groups in total. The van der Waals surface area contributed by atoms with Crippen LogP contribution in [0.3, 0.4) is 0 Å². The highest BCUT2D eigenvalue weighted by Gasteiger charge is 2.25. The van der Waals surface area contributed by atoms with E-state index >= 15 is 0 Å². The molecule has 1 aliphatic rings. The minimum atomic E-state index is -0.698. The minimum Gasteiger partial charge on any atom is -0.481 e. The lowest BCUT2D eigenvalue weighted by molar-refractivity contribution is -0.142. The van der Waals surface area contributed by atoms with E-state index < -0.39 is 5.97 Å². The number of carboxylic acid groups (broad SMARTS) is 1. The van der Waals surface area contributed by atoms with Crippen LogP contribution in [0.5, 0.6) is 0 Å². The van der Waals surface area contributed by atoms with E-state index in [-0.39, 0.29) is 12.0 Å². The summed E-state index contributed by atoms with van der Waals surface area (Å²) in [7, 11) is 0. The molecule has 5 heteroatoms. The Morgan fingerprint density at radius 3 is 2.33 bits per heavy atom. The first-order valence-corrected chi connectivity index (χ1v) is 4.31. The van der Waals surface area contributed by atoms with E-state index in [0.717, 1.165) is 12.8 Å². The van der Waals surface area contributed by atoms with Gasteiger partial charge in [-0.15, -0.1) is 0 Å². The van der Waals surface area contributed by atoms with Crippen molar-refractivity contribution in [1.82, 2.24) is 0 Å². The van der Waals surface area contributed by atoms with Crippen molar-refractivity contribution in [2.75, 3.05) is 0 Å². The molecule has 0 aromatic rings. The van der Waals surface area contributed by atoms with E-state index in [1.807, 2.05) is 0 Å². The van der Waals surface area contributed by atoms with Crippen LogP contribution >= 0.6 is 11.8 Å². The molecule has 0 atom stereocenters. The zero-order chi connectivity index (χ0) is 8.97. The highest BCUT2D eigenvalue weighted by molar-refractivity contribution is 6.13. The van der Waals surface area contributed by atoms with Crippen LogP contribution in [0.25, 0.3) is 0 Å². The maximum Gasteiger partial charge on any atom is 0.306 e. The fourth-order valence-corrected chi connectivity index (χ4v) is 1.62. The first-order chi connectivity index (χ1) is 5.74. The highest BCUT2D eigenvalue weighted by atomic mass is 35.5. The van der Waals surface area contributed by atoms with Crippen molar-refractivity contribution in [3.63, 3.8) is 0 Å². The Kier molecular flexibility index (Phi) is 3.47. The van der Waals surface area contributed by atoms with Gasteiger partial charge in [0.15, 0.2) is 0 Å². The normalized spacial score (nSPS) is 30.8. The van der Waals surface area contributed by atoms with Crippen molar-refractivity contribution >= 4 is 17.7 Å². The maximum atomic E-state index is 10.5. The summed E-state index contributed by atoms with van der Waals surface area (Å²) in [6.07, 6.45) is 2.95. The summed E-state index contributed by atoms with van der Waals surface area (Å²) in [6, 6.07) is 0.137. The summed E-state index contributed by atoms with van der Waals surface area (Å²) in [6.45, 7) is 0. The smallest absolute Gasteiger partial charge is 0.306 e. The minimum absolute atomic E-state index is 0.137. The van der Waals surface area contributed by atoms with Gasteiger partial charge in [0.05, 0.1) is 23.7 Å². The second-order valence-corrected chi connectivity index (χ2v) is 3.19. The van der Waals surface area contributed by atoms with Gasteiger partial charge in [-0.3, -0.25) is 4.79 Å². The van der Waals surface area contributed by atoms with Gasteiger partial charge in [-0.25, -0.2) is 0 Å². The van der Waals surface area contributed by atoms with Crippen molar-refractivity contribution in [3.05, 3.63) is 0 Å². The number of nitrogens with zero attached hydrogens (tertiary/aromatic N) is 2. The second-order valence-electron chi connectivity index (χ2n) is 3.03. The van der Waals surface area contributed by atoms with Gasteiger partial charge in [-0.1, -0.05) is 4.63 Å². The van der Waals surface area contributed by atoms with Crippen molar-refractivity contribution in [1.29, 1.82) is 0 Å². The summed E-state index contributed by atoms with van der Waals surface area (Å²) in [4.78, 5) is 10.5. The molecule has 12 heavy (non-hydrogen) atoms. The predicted octanol–water partition coefficient (Wildman–Crippen LogP) is 2.24. The molecule has 1 saturated carbocycles. The molecule has 0 heterocycles. The number of hydrogen-bond acceptors (Lipinski definition) is 3. The molecule has 68 valence electrons. The summed E-state index contributed by atoms with van der Waals surface area (Å²) < 4.78 is 3.18. The number of rotatable bonds is 2. The van der Waals surface area contributed by atoms with E-state index in [0.29, 0.717) is 12.8 Å². The van der Waals surface area contributed by atoms with Crippen LogP contribution < -0.4 is 0 Å². The van der Waals surface area contributed by atoms with Crippen LogP contribution in [0.15, 0.2) is 9.75 Å². The molecule has 1 rings (SSSR count). The van der Waals surface area contributed by atoms with Crippen LogP contribution in [0.4, 0.5) is 0 Å². The molecule has 0 amide bonds. The van der Waals surface area contributed by atoms with Gasteiger partial charge in [0.1, 0.15) is 0 Å². The summed E-state index contributed by atoms with van der Waals surface area (Å²) in [5.41, 5.74) is 0. The molecule has 0 saturated heterocycles. The lowest BCUT2D eigenvalue weighted by atomic mass is 9.86. The van der Waals surface area contributed by atoms with Gasteiger partial charge < -0.3 is 5.11 Å². The fraction of sp³-hybridized carbons (Fsp3) is 0.857. The Bertz CT molecular complexity index is 188. The molecule has 4 nitrogen and oxygen atoms in total. The zero-order valence-electron chi connectivity index (χ0n) is 6.61. The lowest BCUT2D eigenvalue weighted by Crippen LogP contribution is -2.22. The Hall–Kier alpha value is -0.640. The van der Waals surface area contributed by atoms with E-state index in [1.54, 1.807) is 0 Å². The topological polar surface area (TPSA) is 62.0 Å². The Morgan fingerprint density at radius 1 is 1.33 bits per heavy atom. The van der Waals surface area contributed by atoms with Gasteiger partial charge in [0.25, 0.3) is 0 Å². The molecule has 0 aromatic carbocycles. The Labute approximate surface area is 75.7 Å². The molecule has 0 unspecified atom stereocenters. The molecule has 1 fully saturated rings. The quantitative estimate of drug-likeness (QED) is 0.679. The molecular formula is C7H11ClN2O2. The molecular weight excluding hydrogens is 180 g/mol. The van der Waals surface area contributed by atoms with E-state index in [4.69, 9.17) is 16.9 Å². The number of aliphatic carboxylic acids is 1. The number of carboxylic acids is 1. The van der Waals surface area contributed by atoms with Crippen molar-refractivity contribution in [3.8, 4) is 0 Å². The summed E-state index contributed by atoms with van der Waals surface area (Å²) in [5.74, 6) is -0.886. The largest absolute Gasteiger partial charge is 0.481 e. The Morgan fingerprint density at radius 2 is 1.92 bits per heavy atom. The molecule has 0 bridgehead atoms. The third-order valence-corrected chi connectivity index (χ3v) is 2.34. The molecule has 1 aliphatic carbocycles. The standard InChI is InChI=1S/C7H11ClN2O2/c8-10-9-6-3-1-5(2-4-6)7(11)12/h5-6H,1-4H2,(H,11,12). The fourth-order valence-electron chi connectivity index (χ4n) is 1.50. The van der Waals surface area contributed by atoms with E-state index in [2.05, 4.69) is 9.75 Å². The molecule has 0 aliphatic heterocycles. The first kappa shape index (κ1) is 9.45.